The topological polar surface area (TPSA) is 45.5 Å². The fraction of sp³-hybridized carbons (Fsp3) is 0. The normalized spacial score (nSPS) is 10.7. The van der Waals surface area contributed by atoms with E-state index in [1.165, 1.54) is 6.21 Å². The van der Waals surface area contributed by atoms with Crippen molar-refractivity contribution in [3.63, 3.8) is 0 Å². The Morgan fingerprint density at radius 2 is 2.36 bits per heavy atom. The highest BCUT2D eigenvalue weighted by Gasteiger charge is 1.98. The quantitative estimate of drug-likeness (QED) is 0.351. The second-order valence-corrected chi connectivity index (χ2v) is 2.99. The van der Waals surface area contributed by atoms with Crippen molar-refractivity contribution < 1.29 is 5.21 Å². The first-order valence-electron chi connectivity index (χ1n) is 2.73. The van der Waals surface area contributed by atoms with Crippen LogP contribution in [-0.4, -0.2) is 16.4 Å². The molecule has 3 nitrogen and oxygen atoms in total. The summed E-state index contributed by atoms with van der Waals surface area (Å²) in [6.45, 7) is 0. The van der Waals surface area contributed by atoms with Crippen molar-refractivity contribution >= 4 is 33.7 Å². The number of hydrogen-bond donors (Lipinski definition) is 1. The maximum atomic E-state index is 8.20. The van der Waals surface area contributed by atoms with Gasteiger partial charge in [0.2, 0.25) is 0 Å². The molecule has 58 valence electrons. The van der Waals surface area contributed by atoms with Crippen molar-refractivity contribution in [1.82, 2.24) is 4.98 Å². The molecule has 0 unspecified atom stereocenters. The Kier molecular flexibility index (Phi) is 2.84. The van der Waals surface area contributed by atoms with E-state index in [-0.39, 0.29) is 0 Å². The van der Waals surface area contributed by atoms with Gasteiger partial charge in [0, 0.05) is 4.47 Å². The minimum absolute atomic E-state index is 0.364. The van der Waals surface area contributed by atoms with Crippen LogP contribution >= 0.6 is 27.5 Å². The summed E-state index contributed by atoms with van der Waals surface area (Å²) >= 11 is 8.79. The van der Waals surface area contributed by atoms with Crippen molar-refractivity contribution in [2.45, 2.75) is 0 Å². The van der Waals surface area contributed by atoms with Crippen LogP contribution in [0.3, 0.4) is 0 Å². The number of aromatic nitrogens is 1. The summed E-state index contributed by atoms with van der Waals surface area (Å²) in [5, 5.41) is 11.4. The molecule has 0 fully saturated rings. The SMILES string of the molecule is O/N=C\c1nc(Cl)ccc1Br. The second-order valence-electron chi connectivity index (χ2n) is 1.75. The molecule has 0 bridgehead atoms. The first kappa shape index (κ1) is 8.49. The van der Waals surface area contributed by atoms with E-state index in [1.807, 2.05) is 0 Å². The predicted molar refractivity (Wildman–Crippen MR) is 46.3 cm³/mol. The third-order valence-corrected chi connectivity index (χ3v) is 1.90. The number of nitrogens with zero attached hydrogens (tertiary/aromatic N) is 2. The van der Waals surface area contributed by atoms with E-state index >= 15 is 0 Å². The van der Waals surface area contributed by atoms with Crippen LogP contribution in [-0.2, 0) is 0 Å². The van der Waals surface area contributed by atoms with Crippen LogP contribution in [0.15, 0.2) is 21.8 Å². The van der Waals surface area contributed by atoms with Crippen molar-refractivity contribution in [2.75, 3.05) is 0 Å². The van der Waals surface area contributed by atoms with Gasteiger partial charge in [-0.05, 0) is 28.1 Å². The van der Waals surface area contributed by atoms with Crippen LogP contribution < -0.4 is 0 Å². The minimum Gasteiger partial charge on any atom is -0.411 e. The van der Waals surface area contributed by atoms with Gasteiger partial charge in [-0.3, -0.25) is 0 Å². The summed E-state index contributed by atoms with van der Waals surface area (Å²) in [6, 6.07) is 3.37. The molecule has 1 N–H and O–H groups in total. The third-order valence-electron chi connectivity index (χ3n) is 1.02. The van der Waals surface area contributed by atoms with E-state index in [1.54, 1.807) is 12.1 Å². The Balaban J connectivity index is 3.12. The fourth-order valence-electron chi connectivity index (χ4n) is 0.578. The molecule has 0 aliphatic heterocycles. The standard InChI is InChI=1S/C6H4BrClN2O/c7-4-1-2-6(8)10-5(4)3-9-11/h1-3,11H/b9-3-. The second kappa shape index (κ2) is 3.69. The molecular formula is C6H4BrClN2O. The van der Waals surface area contributed by atoms with Gasteiger partial charge in [-0.1, -0.05) is 16.8 Å². The Morgan fingerprint density at radius 1 is 1.64 bits per heavy atom. The molecular weight excluding hydrogens is 231 g/mol. The number of oxime groups is 1. The van der Waals surface area contributed by atoms with E-state index in [2.05, 4.69) is 26.1 Å². The van der Waals surface area contributed by atoms with Crippen molar-refractivity contribution in [1.29, 1.82) is 0 Å². The smallest absolute Gasteiger partial charge is 0.129 e. The van der Waals surface area contributed by atoms with Gasteiger partial charge in [-0.15, -0.1) is 0 Å². The lowest BCUT2D eigenvalue weighted by atomic mass is 10.4. The highest BCUT2D eigenvalue weighted by atomic mass is 79.9. The Bertz CT molecular complexity index is 290. The molecule has 0 spiro atoms. The van der Waals surface area contributed by atoms with Crippen LogP contribution in [0.5, 0.6) is 0 Å². The molecule has 1 aromatic heterocycles. The number of halogens is 2. The van der Waals surface area contributed by atoms with Gasteiger partial charge >= 0.3 is 0 Å². The van der Waals surface area contributed by atoms with Crippen LogP contribution in [0.4, 0.5) is 0 Å². The highest BCUT2D eigenvalue weighted by Crippen LogP contribution is 2.15. The van der Waals surface area contributed by atoms with Crippen molar-refractivity contribution in [2.24, 2.45) is 5.16 Å². The van der Waals surface area contributed by atoms with Crippen molar-refractivity contribution in [3.05, 3.63) is 27.5 Å². The zero-order valence-electron chi connectivity index (χ0n) is 5.33. The minimum atomic E-state index is 0.364. The molecule has 1 rings (SSSR count). The van der Waals surface area contributed by atoms with Gasteiger partial charge in [-0.25, -0.2) is 4.98 Å². The molecule has 5 heteroatoms. The van der Waals surface area contributed by atoms with Crippen LogP contribution in [0.2, 0.25) is 5.15 Å². The molecule has 0 radical (unpaired) electrons. The summed E-state index contributed by atoms with van der Waals surface area (Å²) in [6.07, 6.45) is 1.20. The van der Waals surface area contributed by atoms with E-state index in [4.69, 9.17) is 16.8 Å². The number of pyridine rings is 1. The Hall–Kier alpha value is -0.610. The predicted octanol–water partition coefficient (Wildman–Crippen LogP) is 2.31. The molecule has 0 aromatic carbocycles. The molecule has 1 aromatic rings. The first-order valence-corrected chi connectivity index (χ1v) is 3.90. The lowest BCUT2D eigenvalue weighted by molar-refractivity contribution is 0.321. The summed E-state index contributed by atoms with van der Waals surface area (Å²) in [7, 11) is 0. The molecule has 11 heavy (non-hydrogen) atoms. The molecule has 0 aliphatic carbocycles. The maximum absolute atomic E-state index is 8.20. The number of hydrogen-bond acceptors (Lipinski definition) is 3. The van der Waals surface area contributed by atoms with Gasteiger partial charge < -0.3 is 5.21 Å². The average Bonchev–Trinajstić information content (AvgIpc) is 1.98. The van der Waals surface area contributed by atoms with Gasteiger partial charge in [0.05, 0.1) is 6.21 Å². The zero-order chi connectivity index (χ0) is 8.27. The maximum Gasteiger partial charge on any atom is 0.129 e. The fourth-order valence-corrected chi connectivity index (χ4v) is 1.06. The van der Waals surface area contributed by atoms with E-state index in [0.717, 1.165) is 4.47 Å². The molecule has 0 aliphatic rings. The number of rotatable bonds is 1. The largest absolute Gasteiger partial charge is 0.411 e. The molecule has 0 atom stereocenters. The molecule has 0 saturated heterocycles. The summed E-state index contributed by atoms with van der Waals surface area (Å²) in [4.78, 5) is 3.87. The van der Waals surface area contributed by atoms with Gasteiger partial charge in [0.1, 0.15) is 10.8 Å². The lowest BCUT2D eigenvalue weighted by Gasteiger charge is -1.95. The van der Waals surface area contributed by atoms with Gasteiger partial charge in [0.15, 0.2) is 0 Å². The Morgan fingerprint density at radius 3 is 3.00 bits per heavy atom. The molecule has 0 saturated carbocycles. The van der Waals surface area contributed by atoms with Crippen LogP contribution in [0.1, 0.15) is 5.69 Å². The summed E-state index contributed by atoms with van der Waals surface area (Å²) in [5.41, 5.74) is 0.500. The highest BCUT2D eigenvalue weighted by molar-refractivity contribution is 9.10. The molecule has 1 heterocycles. The third kappa shape index (κ3) is 2.17. The van der Waals surface area contributed by atoms with E-state index < -0.39 is 0 Å². The van der Waals surface area contributed by atoms with E-state index in [0.29, 0.717) is 10.8 Å². The van der Waals surface area contributed by atoms with Crippen LogP contribution in [0, 0.1) is 0 Å². The summed E-state index contributed by atoms with van der Waals surface area (Å²) in [5.74, 6) is 0. The average molecular weight is 235 g/mol. The van der Waals surface area contributed by atoms with E-state index in [9.17, 15) is 0 Å². The van der Waals surface area contributed by atoms with Crippen molar-refractivity contribution in [3.8, 4) is 0 Å². The molecule has 0 amide bonds. The van der Waals surface area contributed by atoms with Crippen LogP contribution in [0.25, 0.3) is 0 Å². The Labute approximate surface area is 76.8 Å². The lowest BCUT2D eigenvalue weighted by Crippen LogP contribution is -1.88. The van der Waals surface area contributed by atoms with Gasteiger partial charge in [-0.2, -0.15) is 0 Å². The zero-order valence-corrected chi connectivity index (χ0v) is 7.67. The summed E-state index contributed by atoms with van der Waals surface area (Å²) < 4.78 is 0.736. The first-order chi connectivity index (χ1) is 5.24. The monoisotopic (exact) mass is 234 g/mol. The van der Waals surface area contributed by atoms with Gasteiger partial charge in [0.25, 0.3) is 0 Å².